The average molecular weight is 441 g/mol. The Kier molecular flexibility index (Phi) is 6.33. The van der Waals surface area contributed by atoms with Crippen molar-refractivity contribution in [3.8, 4) is 21.8 Å². The molecule has 0 aromatic carbocycles. The third-order valence-corrected chi connectivity index (χ3v) is 6.22. The van der Waals surface area contributed by atoms with Gasteiger partial charge >= 0.3 is 0 Å². The maximum absolute atomic E-state index is 12.1. The van der Waals surface area contributed by atoms with Gasteiger partial charge in [-0.1, -0.05) is 11.3 Å². The van der Waals surface area contributed by atoms with Crippen molar-refractivity contribution in [3.05, 3.63) is 29.6 Å². The molecule has 3 aromatic rings. The van der Waals surface area contributed by atoms with Crippen LogP contribution in [0.3, 0.4) is 0 Å². The molecule has 0 unspecified atom stereocenters. The SMILES string of the molecule is CCNc1ccc(-c2nn(C(C)C)c3c2CCc2nc(NC(=O)CCOC)sc2-3)cn1. The standard InChI is InChI=1S/C22H28N6O2S/c1-5-23-17-9-6-14(12-24-17)19-15-7-8-16-21(20(15)28(27-19)13(2)3)31-22(25-16)26-18(29)10-11-30-4/h6,9,12-13H,5,7-8,10-11H2,1-4H3,(H,23,24)(H,25,26,29). The Bertz CT molecular complexity index is 1070. The summed E-state index contributed by atoms with van der Waals surface area (Å²) in [6, 6.07) is 4.26. The highest BCUT2D eigenvalue weighted by Crippen LogP contribution is 2.44. The fourth-order valence-electron chi connectivity index (χ4n) is 3.75. The van der Waals surface area contributed by atoms with Gasteiger partial charge in [-0.2, -0.15) is 5.10 Å². The van der Waals surface area contributed by atoms with Crippen molar-refractivity contribution in [1.29, 1.82) is 0 Å². The first-order valence-electron chi connectivity index (χ1n) is 10.6. The number of pyridine rings is 1. The summed E-state index contributed by atoms with van der Waals surface area (Å²) in [6.45, 7) is 7.54. The van der Waals surface area contributed by atoms with Gasteiger partial charge < -0.3 is 15.4 Å². The molecule has 0 radical (unpaired) electrons. The third kappa shape index (κ3) is 4.33. The summed E-state index contributed by atoms with van der Waals surface area (Å²) in [5, 5.41) is 11.8. The summed E-state index contributed by atoms with van der Waals surface area (Å²) in [6.07, 6.45) is 3.89. The number of aromatic nitrogens is 4. The second kappa shape index (κ2) is 9.15. The number of nitrogens with zero attached hydrogens (tertiary/aromatic N) is 4. The molecule has 1 aliphatic rings. The Morgan fingerprint density at radius 2 is 2.16 bits per heavy atom. The molecule has 0 saturated heterocycles. The smallest absolute Gasteiger partial charge is 0.228 e. The van der Waals surface area contributed by atoms with Crippen LogP contribution in [0.1, 0.15) is 44.5 Å². The molecular weight excluding hydrogens is 412 g/mol. The molecule has 0 saturated carbocycles. The molecule has 1 aliphatic carbocycles. The topological polar surface area (TPSA) is 94.0 Å². The van der Waals surface area contributed by atoms with Crippen molar-refractivity contribution in [2.24, 2.45) is 0 Å². The van der Waals surface area contributed by atoms with E-state index in [-0.39, 0.29) is 11.9 Å². The number of fused-ring (bicyclic) bond motifs is 3. The third-order valence-electron chi connectivity index (χ3n) is 5.20. The Morgan fingerprint density at radius 3 is 2.84 bits per heavy atom. The molecule has 8 nitrogen and oxygen atoms in total. The van der Waals surface area contributed by atoms with Gasteiger partial charge in [0.1, 0.15) is 5.82 Å². The van der Waals surface area contributed by atoms with Gasteiger partial charge in [0.05, 0.1) is 35.0 Å². The van der Waals surface area contributed by atoms with Crippen LogP contribution in [0.4, 0.5) is 10.9 Å². The minimum absolute atomic E-state index is 0.0851. The van der Waals surface area contributed by atoms with Crippen LogP contribution in [-0.2, 0) is 22.4 Å². The lowest BCUT2D eigenvalue weighted by atomic mass is 9.95. The number of thiazole rings is 1. The van der Waals surface area contributed by atoms with Gasteiger partial charge in [-0.25, -0.2) is 9.97 Å². The van der Waals surface area contributed by atoms with Gasteiger partial charge in [-0.05, 0) is 45.7 Å². The van der Waals surface area contributed by atoms with Crippen molar-refractivity contribution >= 4 is 28.2 Å². The van der Waals surface area contributed by atoms with Gasteiger partial charge in [-0.3, -0.25) is 9.48 Å². The van der Waals surface area contributed by atoms with E-state index in [0.717, 1.165) is 52.7 Å². The number of methoxy groups -OCH3 is 1. The Hall–Kier alpha value is -2.78. The van der Waals surface area contributed by atoms with Gasteiger partial charge in [0.15, 0.2) is 5.13 Å². The normalized spacial score (nSPS) is 12.5. The predicted molar refractivity (Wildman–Crippen MR) is 124 cm³/mol. The first kappa shape index (κ1) is 21.5. The van der Waals surface area contributed by atoms with E-state index in [4.69, 9.17) is 14.8 Å². The minimum Gasteiger partial charge on any atom is -0.384 e. The zero-order chi connectivity index (χ0) is 22.0. The number of rotatable bonds is 8. The van der Waals surface area contributed by atoms with E-state index >= 15 is 0 Å². The Labute approximate surface area is 186 Å². The molecule has 0 spiro atoms. The lowest BCUT2D eigenvalue weighted by molar-refractivity contribution is -0.117. The first-order valence-corrected chi connectivity index (χ1v) is 11.4. The highest BCUT2D eigenvalue weighted by Gasteiger charge is 2.30. The van der Waals surface area contributed by atoms with Crippen LogP contribution in [0.5, 0.6) is 0 Å². The van der Waals surface area contributed by atoms with Gasteiger partial charge in [-0.15, -0.1) is 0 Å². The number of nitrogens with one attached hydrogen (secondary N) is 2. The first-order chi connectivity index (χ1) is 15.0. The number of ether oxygens (including phenoxy) is 1. The number of carbonyl (C=O) groups excluding carboxylic acids is 1. The number of hydrogen-bond acceptors (Lipinski definition) is 7. The van der Waals surface area contributed by atoms with Crippen LogP contribution in [-0.4, -0.2) is 45.9 Å². The average Bonchev–Trinajstić information content (AvgIpc) is 3.34. The molecule has 4 rings (SSSR count). The van der Waals surface area contributed by atoms with Gasteiger partial charge in [0.2, 0.25) is 5.91 Å². The maximum atomic E-state index is 12.1. The summed E-state index contributed by atoms with van der Waals surface area (Å²) in [5.74, 6) is 0.778. The molecule has 164 valence electrons. The fourth-order valence-corrected chi connectivity index (χ4v) is 4.84. The maximum Gasteiger partial charge on any atom is 0.228 e. The fraction of sp³-hybridized carbons (Fsp3) is 0.455. The van der Waals surface area contributed by atoms with E-state index in [9.17, 15) is 4.79 Å². The van der Waals surface area contributed by atoms with Crippen LogP contribution in [0.2, 0.25) is 0 Å². The number of aryl methyl sites for hydroxylation is 1. The molecule has 0 aliphatic heterocycles. The van der Waals surface area contributed by atoms with E-state index in [1.165, 1.54) is 16.9 Å². The van der Waals surface area contributed by atoms with E-state index in [1.54, 1.807) is 7.11 Å². The molecule has 9 heteroatoms. The number of carbonyl (C=O) groups is 1. The zero-order valence-electron chi connectivity index (χ0n) is 18.4. The molecule has 2 N–H and O–H groups in total. The van der Waals surface area contributed by atoms with Crippen molar-refractivity contribution in [2.45, 2.75) is 46.1 Å². The van der Waals surface area contributed by atoms with E-state index in [1.807, 2.05) is 12.3 Å². The number of amides is 1. The lowest BCUT2D eigenvalue weighted by Gasteiger charge is -2.15. The lowest BCUT2D eigenvalue weighted by Crippen LogP contribution is -2.13. The van der Waals surface area contributed by atoms with Crippen LogP contribution >= 0.6 is 11.3 Å². The molecule has 3 aromatic heterocycles. The second-order valence-corrected chi connectivity index (χ2v) is 8.76. The molecule has 0 bridgehead atoms. The second-order valence-electron chi connectivity index (χ2n) is 7.76. The summed E-state index contributed by atoms with van der Waals surface area (Å²) in [7, 11) is 1.59. The summed E-state index contributed by atoms with van der Waals surface area (Å²) in [5.41, 5.74) is 5.34. The van der Waals surface area contributed by atoms with E-state index < -0.39 is 0 Å². The molecular formula is C22H28N6O2S. The molecule has 0 fully saturated rings. The van der Waals surface area contributed by atoms with Crippen LogP contribution in [0, 0.1) is 0 Å². The zero-order valence-corrected chi connectivity index (χ0v) is 19.2. The van der Waals surface area contributed by atoms with Crippen molar-refractivity contribution in [3.63, 3.8) is 0 Å². The molecule has 3 heterocycles. The minimum atomic E-state index is -0.0851. The van der Waals surface area contributed by atoms with Crippen LogP contribution in [0.15, 0.2) is 18.3 Å². The van der Waals surface area contributed by atoms with Crippen LogP contribution < -0.4 is 10.6 Å². The van der Waals surface area contributed by atoms with E-state index in [2.05, 4.69) is 47.1 Å². The van der Waals surface area contributed by atoms with Crippen molar-refractivity contribution in [1.82, 2.24) is 19.7 Å². The Balaban J connectivity index is 1.71. The van der Waals surface area contributed by atoms with Gasteiger partial charge in [0, 0.05) is 37.0 Å². The van der Waals surface area contributed by atoms with Gasteiger partial charge in [0.25, 0.3) is 0 Å². The highest BCUT2D eigenvalue weighted by molar-refractivity contribution is 7.19. The van der Waals surface area contributed by atoms with E-state index in [0.29, 0.717) is 18.2 Å². The summed E-state index contributed by atoms with van der Waals surface area (Å²) in [4.78, 5) is 22.4. The molecule has 0 atom stereocenters. The van der Waals surface area contributed by atoms with Crippen LogP contribution in [0.25, 0.3) is 21.8 Å². The quantitative estimate of drug-likeness (QED) is 0.546. The largest absolute Gasteiger partial charge is 0.384 e. The summed E-state index contributed by atoms with van der Waals surface area (Å²) < 4.78 is 7.07. The molecule has 31 heavy (non-hydrogen) atoms. The predicted octanol–water partition coefficient (Wildman–Crippen LogP) is 4.15. The number of hydrogen-bond donors (Lipinski definition) is 2. The monoisotopic (exact) mass is 440 g/mol. The number of anilines is 2. The van der Waals surface area contributed by atoms with Crippen molar-refractivity contribution < 1.29 is 9.53 Å². The highest BCUT2D eigenvalue weighted by atomic mass is 32.1. The molecule has 1 amide bonds. The van der Waals surface area contributed by atoms with Crippen molar-refractivity contribution in [2.75, 3.05) is 30.9 Å². The summed E-state index contributed by atoms with van der Waals surface area (Å²) >= 11 is 1.52. The Morgan fingerprint density at radius 1 is 1.32 bits per heavy atom.